The van der Waals surface area contributed by atoms with Gasteiger partial charge in [-0.2, -0.15) is 0 Å². The van der Waals surface area contributed by atoms with Gasteiger partial charge in [0, 0.05) is 42.5 Å². The molecule has 3 aromatic heterocycles. The fraction of sp³-hybridized carbons (Fsp3) is 0.211. The monoisotopic (exact) mass is 391 g/mol. The lowest BCUT2D eigenvalue weighted by atomic mass is 10.2. The van der Waals surface area contributed by atoms with Crippen LogP contribution in [0.1, 0.15) is 16.9 Å². The maximum atomic E-state index is 12.6. The van der Waals surface area contributed by atoms with Crippen molar-refractivity contribution in [1.29, 1.82) is 0 Å². The van der Waals surface area contributed by atoms with Gasteiger partial charge in [-0.1, -0.05) is 30.3 Å². The van der Waals surface area contributed by atoms with Crippen molar-refractivity contribution in [2.75, 3.05) is 18.0 Å². The number of carbonyl (C=O) groups is 1. The summed E-state index contributed by atoms with van der Waals surface area (Å²) >= 11 is 1.48. The number of thiazole rings is 1. The highest BCUT2D eigenvalue weighted by molar-refractivity contribution is 7.13. The first-order valence-corrected chi connectivity index (χ1v) is 9.87. The van der Waals surface area contributed by atoms with Crippen molar-refractivity contribution >= 4 is 28.7 Å². The average Bonchev–Trinajstić information content (AvgIpc) is 3.48. The molecular weight excluding hydrogens is 374 g/mol. The van der Waals surface area contributed by atoms with E-state index in [9.17, 15) is 4.79 Å². The molecule has 8 nitrogen and oxygen atoms in total. The van der Waals surface area contributed by atoms with Gasteiger partial charge in [0.1, 0.15) is 17.0 Å². The van der Waals surface area contributed by atoms with Gasteiger partial charge in [-0.15, -0.1) is 21.5 Å². The van der Waals surface area contributed by atoms with Gasteiger partial charge >= 0.3 is 0 Å². The summed E-state index contributed by atoms with van der Waals surface area (Å²) in [5, 5.41) is 13.8. The summed E-state index contributed by atoms with van der Waals surface area (Å²) in [4.78, 5) is 23.7. The maximum Gasteiger partial charge on any atom is 0.271 e. The van der Waals surface area contributed by atoms with Crippen molar-refractivity contribution in [3.63, 3.8) is 0 Å². The molecule has 9 heteroatoms. The molecule has 1 N–H and O–H groups in total. The van der Waals surface area contributed by atoms with E-state index < -0.39 is 0 Å². The van der Waals surface area contributed by atoms with Gasteiger partial charge in [0.15, 0.2) is 5.82 Å². The zero-order chi connectivity index (χ0) is 18.9. The average molecular weight is 391 g/mol. The van der Waals surface area contributed by atoms with Crippen molar-refractivity contribution in [1.82, 2.24) is 29.9 Å². The molecule has 1 unspecified atom stereocenters. The Morgan fingerprint density at radius 1 is 1.25 bits per heavy atom. The third-order valence-electron chi connectivity index (χ3n) is 4.78. The number of amides is 1. The molecule has 0 radical (unpaired) electrons. The minimum absolute atomic E-state index is 0.0411. The lowest BCUT2D eigenvalue weighted by Gasteiger charge is -2.17. The summed E-state index contributed by atoms with van der Waals surface area (Å²) in [6.07, 6.45) is 6.05. The molecule has 4 aromatic rings. The third-order valence-corrected chi connectivity index (χ3v) is 5.67. The molecule has 0 spiro atoms. The van der Waals surface area contributed by atoms with Gasteiger partial charge < -0.3 is 10.2 Å². The summed E-state index contributed by atoms with van der Waals surface area (Å²) in [6, 6.07) is 9.92. The molecule has 1 aliphatic heterocycles. The van der Waals surface area contributed by atoms with Gasteiger partial charge in [0.05, 0.1) is 0 Å². The minimum atomic E-state index is -0.140. The second-order valence-electron chi connectivity index (χ2n) is 6.62. The van der Waals surface area contributed by atoms with Crippen LogP contribution < -0.4 is 10.2 Å². The molecule has 1 amide bonds. The highest BCUT2D eigenvalue weighted by Crippen LogP contribution is 2.24. The maximum absolute atomic E-state index is 12.6. The Morgan fingerprint density at radius 2 is 2.14 bits per heavy atom. The summed E-state index contributed by atoms with van der Waals surface area (Å²) in [7, 11) is 0. The van der Waals surface area contributed by atoms with Crippen molar-refractivity contribution in [2.45, 2.75) is 12.5 Å². The van der Waals surface area contributed by atoms with E-state index in [4.69, 9.17) is 0 Å². The molecule has 28 heavy (non-hydrogen) atoms. The van der Waals surface area contributed by atoms with E-state index in [1.807, 2.05) is 46.3 Å². The molecule has 1 fully saturated rings. The molecular formula is C19H17N7OS. The SMILES string of the molecule is O=C(NC1CCN(c2nccn3cnnc23)C1)c1csc(-c2ccccc2)n1. The number of fused-ring (bicyclic) bond motifs is 1. The number of benzene rings is 1. The largest absolute Gasteiger partial charge is 0.351 e. The quantitative estimate of drug-likeness (QED) is 0.574. The molecule has 1 atom stereocenters. The molecule has 5 rings (SSSR count). The van der Waals surface area contributed by atoms with Crippen LogP contribution in [0.4, 0.5) is 5.82 Å². The van der Waals surface area contributed by atoms with E-state index in [2.05, 4.69) is 30.4 Å². The Balaban J connectivity index is 1.27. The second kappa shape index (κ2) is 7.01. The van der Waals surface area contributed by atoms with Crippen LogP contribution in [0.15, 0.2) is 54.4 Å². The Bertz CT molecular complexity index is 1120. The number of nitrogens with zero attached hydrogens (tertiary/aromatic N) is 6. The van der Waals surface area contributed by atoms with Crippen molar-refractivity contribution < 1.29 is 4.79 Å². The normalized spacial score (nSPS) is 16.6. The fourth-order valence-electron chi connectivity index (χ4n) is 3.39. The summed E-state index contributed by atoms with van der Waals surface area (Å²) < 4.78 is 1.84. The number of aromatic nitrogens is 5. The number of carbonyl (C=O) groups excluding carboxylic acids is 1. The minimum Gasteiger partial charge on any atom is -0.351 e. The highest BCUT2D eigenvalue weighted by atomic mass is 32.1. The van der Waals surface area contributed by atoms with Gasteiger partial charge in [-0.05, 0) is 6.42 Å². The van der Waals surface area contributed by atoms with Crippen LogP contribution in [0.25, 0.3) is 16.2 Å². The van der Waals surface area contributed by atoms with Crippen LogP contribution >= 0.6 is 11.3 Å². The number of hydrogen-bond acceptors (Lipinski definition) is 7. The van der Waals surface area contributed by atoms with Crippen LogP contribution in [0.5, 0.6) is 0 Å². The van der Waals surface area contributed by atoms with Crippen LogP contribution in [-0.2, 0) is 0 Å². The molecule has 0 bridgehead atoms. The third kappa shape index (κ3) is 3.09. The highest BCUT2D eigenvalue weighted by Gasteiger charge is 2.27. The zero-order valence-electron chi connectivity index (χ0n) is 14.9. The molecule has 4 heterocycles. The number of nitrogens with one attached hydrogen (secondary N) is 1. The van der Waals surface area contributed by atoms with E-state index in [1.165, 1.54) is 11.3 Å². The number of rotatable bonds is 4. The van der Waals surface area contributed by atoms with E-state index >= 15 is 0 Å². The first-order chi connectivity index (χ1) is 13.8. The zero-order valence-corrected chi connectivity index (χ0v) is 15.7. The van der Waals surface area contributed by atoms with Crippen molar-refractivity contribution in [3.8, 4) is 10.6 Å². The molecule has 1 aliphatic rings. The van der Waals surface area contributed by atoms with Crippen LogP contribution in [0, 0.1) is 0 Å². The fourth-order valence-corrected chi connectivity index (χ4v) is 4.20. The lowest BCUT2D eigenvalue weighted by molar-refractivity contribution is 0.0936. The Kier molecular flexibility index (Phi) is 4.21. The standard InChI is InChI=1S/C19H17N7OS/c27-18(15-11-28-19(23-15)13-4-2-1-3-5-13)22-14-6-8-25(10-14)16-17-24-21-12-26(17)9-7-20-16/h1-5,7,9,11-12,14H,6,8,10H2,(H,22,27). The van der Waals surface area contributed by atoms with Gasteiger partial charge in [0.2, 0.25) is 5.65 Å². The van der Waals surface area contributed by atoms with Crippen molar-refractivity contribution in [3.05, 3.63) is 60.1 Å². The van der Waals surface area contributed by atoms with Crippen LogP contribution in [-0.4, -0.2) is 49.6 Å². The molecule has 0 aliphatic carbocycles. The van der Waals surface area contributed by atoms with Gasteiger partial charge in [0.25, 0.3) is 5.91 Å². The Hall–Kier alpha value is -3.33. The number of anilines is 1. The van der Waals surface area contributed by atoms with Crippen LogP contribution in [0.3, 0.4) is 0 Å². The molecule has 1 aromatic carbocycles. The second-order valence-corrected chi connectivity index (χ2v) is 7.48. The Labute approximate surface area is 164 Å². The Morgan fingerprint density at radius 3 is 3.04 bits per heavy atom. The van der Waals surface area contributed by atoms with E-state index in [0.29, 0.717) is 12.2 Å². The molecule has 140 valence electrons. The van der Waals surface area contributed by atoms with Gasteiger partial charge in [-0.3, -0.25) is 9.20 Å². The van der Waals surface area contributed by atoms with E-state index in [0.717, 1.165) is 35.0 Å². The first-order valence-electron chi connectivity index (χ1n) is 8.99. The first kappa shape index (κ1) is 16.8. The topological polar surface area (TPSA) is 88.3 Å². The molecule has 1 saturated heterocycles. The summed E-state index contributed by atoms with van der Waals surface area (Å²) in [6.45, 7) is 1.48. The van der Waals surface area contributed by atoms with Crippen molar-refractivity contribution in [2.24, 2.45) is 0 Å². The smallest absolute Gasteiger partial charge is 0.271 e. The predicted molar refractivity (Wildman–Crippen MR) is 106 cm³/mol. The number of hydrogen-bond donors (Lipinski definition) is 1. The van der Waals surface area contributed by atoms with E-state index in [-0.39, 0.29) is 11.9 Å². The van der Waals surface area contributed by atoms with Crippen LogP contribution in [0.2, 0.25) is 0 Å². The van der Waals surface area contributed by atoms with E-state index in [1.54, 1.807) is 12.5 Å². The predicted octanol–water partition coefficient (Wildman–Crippen LogP) is 2.26. The summed E-state index contributed by atoms with van der Waals surface area (Å²) in [5.74, 6) is 0.649. The molecule has 0 saturated carbocycles. The van der Waals surface area contributed by atoms with Gasteiger partial charge in [-0.25, -0.2) is 9.97 Å². The lowest BCUT2D eigenvalue weighted by Crippen LogP contribution is -2.37. The summed E-state index contributed by atoms with van der Waals surface area (Å²) in [5.41, 5.74) is 2.20.